The van der Waals surface area contributed by atoms with Crippen molar-refractivity contribution in [1.29, 1.82) is 5.26 Å². The van der Waals surface area contributed by atoms with Gasteiger partial charge in [0.1, 0.15) is 28.9 Å². The summed E-state index contributed by atoms with van der Waals surface area (Å²) in [5, 5.41) is 23.4. The van der Waals surface area contributed by atoms with Gasteiger partial charge in [0.15, 0.2) is 5.13 Å². The van der Waals surface area contributed by atoms with Gasteiger partial charge in [-0.1, -0.05) is 56.4 Å². The molecule has 5 aromatic rings. The average Bonchev–Trinajstić information content (AvgIpc) is 3.53. The lowest BCUT2D eigenvalue weighted by Gasteiger charge is -2.14. The number of carbonyl (C=O) groups is 2. The molecular formula is C30H27N7O3S. The molecule has 2 heterocycles. The number of fused-ring (bicyclic) bond motifs is 1. The van der Waals surface area contributed by atoms with E-state index in [9.17, 15) is 14.9 Å². The summed E-state index contributed by atoms with van der Waals surface area (Å²) < 4.78 is 8.35. The number of hydrogen-bond donors (Lipinski definition) is 3. The average molecular weight is 566 g/mol. The highest BCUT2D eigenvalue weighted by atomic mass is 32.1. The van der Waals surface area contributed by atoms with Crippen LogP contribution < -0.4 is 20.7 Å². The zero-order valence-corrected chi connectivity index (χ0v) is 23.7. The number of thiazole rings is 1. The first-order valence-corrected chi connectivity index (χ1v) is 13.6. The Balaban J connectivity index is 1.35. The number of nitriles is 1. The number of anilines is 3. The Morgan fingerprint density at radius 3 is 2.46 bits per heavy atom. The molecule has 3 aromatic carbocycles. The van der Waals surface area contributed by atoms with Gasteiger partial charge in [-0.3, -0.25) is 10.1 Å². The predicted molar refractivity (Wildman–Crippen MR) is 160 cm³/mol. The zero-order valence-electron chi connectivity index (χ0n) is 22.9. The highest BCUT2D eigenvalue weighted by molar-refractivity contribution is 7.22. The molecule has 0 aliphatic carbocycles. The number of hydrogen-bond acceptors (Lipinski definition) is 7. The summed E-state index contributed by atoms with van der Waals surface area (Å²) in [5.74, 6) is 1.04. The second-order valence-electron chi connectivity index (χ2n) is 10.2. The van der Waals surface area contributed by atoms with E-state index in [-0.39, 0.29) is 11.3 Å². The predicted octanol–water partition coefficient (Wildman–Crippen LogP) is 7.05. The smallest absolute Gasteiger partial charge is 0.324 e. The molecule has 2 aromatic heterocycles. The van der Waals surface area contributed by atoms with Crippen LogP contribution in [0.4, 0.5) is 21.4 Å². The van der Waals surface area contributed by atoms with Crippen LogP contribution in [0.2, 0.25) is 0 Å². The van der Waals surface area contributed by atoms with Gasteiger partial charge in [-0.2, -0.15) is 10.4 Å². The van der Waals surface area contributed by atoms with Crippen molar-refractivity contribution in [2.24, 2.45) is 0 Å². The summed E-state index contributed by atoms with van der Waals surface area (Å²) in [4.78, 5) is 28.8. The molecule has 3 N–H and O–H groups in total. The van der Waals surface area contributed by atoms with E-state index in [1.807, 2.05) is 36.4 Å². The molecule has 41 heavy (non-hydrogen) atoms. The molecule has 0 saturated carbocycles. The van der Waals surface area contributed by atoms with Crippen LogP contribution in [0.25, 0.3) is 15.9 Å². The number of urea groups is 1. The molecule has 10 nitrogen and oxygen atoms in total. The van der Waals surface area contributed by atoms with Crippen LogP contribution in [0, 0.1) is 11.3 Å². The topological polar surface area (TPSA) is 134 Å². The molecule has 206 valence electrons. The zero-order chi connectivity index (χ0) is 29.1. The van der Waals surface area contributed by atoms with E-state index >= 15 is 0 Å². The van der Waals surface area contributed by atoms with Gasteiger partial charge in [0, 0.05) is 30.2 Å². The fraction of sp³-hybridized carbons (Fsp3) is 0.167. The van der Waals surface area contributed by atoms with Crippen LogP contribution in [-0.2, 0) is 10.2 Å². The number of carbonyl (C=O) groups excluding carboxylic acids is 2. The van der Waals surface area contributed by atoms with Crippen molar-refractivity contribution in [2.45, 2.75) is 33.1 Å². The Labute approximate surface area is 240 Å². The van der Waals surface area contributed by atoms with Crippen LogP contribution in [0.15, 0.2) is 72.8 Å². The molecule has 0 aliphatic heterocycles. The third-order valence-electron chi connectivity index (χ3n) is 5.95. The summed E-state index contributed by atoms with van der Waals surface area (Å²) in [6.45, 7) is 7.58. The number of rotatable bonds is 6. The first kappa shape index (κ1) is 27.4. The second kappa shape index (κ2) is 11.1. The Kier molecular flexibility index (Phi) is 7.42. The molecule has 0 spiro atoms. The summed E-state index contributed by atoms with van der Waals surface area (Å²) >= 11 is 1.20. The van der Waals surface area contributed by atoms with Gasteiger partial charge in [0.2, 0.25) is 5.91 Å². The summed E-state index contributed by atoms with van der Waals surface area (Å²) in [6.07, 6.45) is 0. The van der Waals surface area contributed by atoms with E-state index in [1.165, 1.54) is 18.3 Å². The third kappa shape index (κ3) is 6.18. The van der Waals surface area contributed by atoms with Crippen molar-refractivity contribution in [3.05, 3.63) is 84.1 Å². The maximum atomic E-state index is 13.0. The van der Waals surface area contributed by atoms with Crippen LogP contribution in [0.3, 0.4) is 0 Å². The van der Waals surface area contributed by atoms with Crippen molar-refractivity contribution in [1.82, 2.24) is 14.8 Å². The van der Waals surface area contributed by atoms with E-state index in [1.54, 1.807) is 41.1 Å². The van der Waals surface area contributed by atoms with Crippen molar-refractivity contribution in [2.75, 3.05) is 16.0 Å². The number of aromatic nitrogens is 3. The molecule has 0 fully saturated rings. The highest BCUT2D eigenvalue weighted by Gasteiger charge is 2.22. The summed E-state index contributed by atoms with van der Waals surface area (Å²) in [6, 6.07) is 23.4. The minimum atomic E-state index is -0.450. The van der Waals surface area contributed by atoms with E-state index in [0.717, 1.165) is 11.4 Å². The first-order valence-electron chi connectivity index (χ1n) is 12.7. The number of para-hydroxylation sites is 1. The molecule has 11 heteroatoms. The van der Waals surface area contributed by atoms with E-state index in [2.05, 4.69) is 47.8 Å². The lowest BCUT2D eigenvalue weighted by molar-refractivity contribution is -0.114. The summed E-state index contributed by atoms with van der Waals surface area (Å²) in [7, 11) is 0. The Morgan fingerprint density at radius 1 is 0.976 bits per heavy atom. The van der Waals surface area contributed by atoms with Gasteiger partial charge in [0.05, 0.1) is 21.6 Å². The Hall–Kier alpha value is -5.21. The van der Waals surface area contributed by atoms with Gasteiger partial charge in [-0.05, 0) is 36.4 Å². The van der Waals surface area contributed by atoms with Gasteiger partial charge < -0.3 is 15.4 Å². The number of amides is 3. The maximum absolute atomic E-state index is 13.0. The van der Waals surface area contributed by atoms with Crippen molar-refractivity contribution >= 4 is 50.1 Å². The van der Waals surface area contributed by atoms with Gasteiger partial charge in [-0.25, -0.2) is 14.5 Å². The lowest BCUT2D eigenvalue weighted by Crippen LogP contribution is -2.21. The minimum absolute atomic E-state index is 0.214. The Bertz CT molecular complexity index is 1800. The SMILES string of the molecule is CC(=O)Nc1nc2ccc(Oc3cccc(NC(=O)Nc4cc(C(C)(C)C)nn4-c4ccccc4)c3)c(C#N)c2s1. The molecule has 0 aliphatic rings. The standard InChI is InChI=1S/C30H27N7O3S/c1-18(38)32-29-34-23-13-14-24(22(17-31)27(23)41-29)40-21-12-8-9-19(15-21)33-28(39)35-26-16-25(30(2,3)4)36-37(26)20-10-6-5-7-11-20/h5-16H,1-4H3,(H,32,34,38)(H2,33,35,39). The largest absolute Gasteiger partial charge is 0.456 e. The van der Waals surface area contributed by atoms with Crippen molar-refractivity contribution < 1.29 is 14.3 Å². The van der Waals surface area contributed by atoms with Crippen LogP contribution in [-0.4, -0.2) is 26.7 Å². The number of ether oxygens (including phenoxy) is 1. The number of benzene rings is 3. The quantitative estimate of drug-likeness (QED) is 0.202. The van der Waals surface area contributed by atoms with Gasteiger partial charge in [-0.15, -0.1) is 0 Å². The van der Waals surface area contributed by atoms with Gasteiger partial charge >= 0.3 is 6.03 Å². The van der Waals surface area contributed by atoms with Crippen LogP contribution in [0.5, 0.6) is 11.5 Å². The lowest BCUT2D eigenvalue weighted by atomic mass is 9.92. The Morgan fingerprint density at radius 2 is 1.76 bits per heavy atom. The summed E-state index contributed by atoms with van der Waals surface area (Å²) in [5.41, 5.74) is 2.82. The van der Waals surface area contributed by atoms with Crippen LogP contribution in [0.1, 0.15) is 39.0 Å². The fourth-order valence-electron chi connectivity index (χ4n) is 4.01. The molecule has 0 atom stereocenters. The molecule has 0 radical (unpaired) electrons. The molecule has 5 rings (SSSR count). The molecule has 0 bridgehead atoms. The van der Waals surface area contributed by atoms with Crippen molar-refractivity contribution in [3.63, 3.8) is 0 Å². The number of nitrogens with zero attached hydrogens (tertiary/aromatic N) is 4. The minimum Gasteiger partial charge on any atom is -0.456 e. The maximum Gasteiger partial charge on any atom is 0.324 e. The highest BCUT2D eigenvalue weighted by Crippen LogP contribution is 2.36. The molecule has 3 amide bonds. The van der Waals surface area contributed by atoms with Crippen molar-refractivity contribution in [3.8, 4) is 23.3 Å². The molecular weight excluding hydrogens is 538 g/mol. The number of nitrogens with one attached hydrogen (secondary N) is 3. The van der Waals surface area contributed by atoms with E-state index in [0.29, 0.717) is 43.9 Å². The second-order valence-corrected chi connectivity index (χ2v) is 11.2. The van der Waals surface area contributed by atoms with Gasteiger partial charge in [0.25, 0.3) is 0 Å². The van der Waals surface area contributed by atoms with E-state index < -0.39 is 6.03 Å². The van der Waals surface area contributed by atoms with E-state index in [4.69, 9.17) is 9.84 Å². The molecule has 0 saturated heterocycles. The monoisotopic (exact) mass is 565 g/mol. The third-order valence-corrected chi connectivity index (χ3v) is 6.96. The normalized spacial score (nSPS) is 11.1. The first-order chi connectivity index (χ1) is 19.6. The fourth-order valence-corrected chi connectivity index (χ4v) is 5.01. The van der Waals surface area contributed by atoms with Crippen LogP contribution >= 0.6 is 11.3 Å². The molecule has 0 unspecified atom stereocenters.